The molecule has 5 heteroatoms. The molecule has 1 unspecified atom stereocenters. The van der Waals surface area contributed by atoms with Gasteiger partial charge in [-0.15, -0.1) is 0 Å². The Morgan fingerprint density at radius 3 is 2.67 bits per heavy atom. The van der Waals surface area contributed by atoms with Crippen LogP contribution >= 0.6 is 0 Å². The van der Waals surface area contributed by atoms with Crippen LogP contribution in [0.25, 0.3) is 0 Å². The molecule has 0 aliphatic carbocycles. The number of carbonyl (C=O) groups excluding carboxylic acids is 2. The van der Waals surface area contributed by atoms with E-state index >= 15 is 0 Å². The molecule has 5 nitrogen and oxygen atoms in total. The molecule has 0 saturated carbocycles. The molecule has 1 aliphatic heterocycles. The van der Waals surface area contributed by atoms with Crippen LogP contribution in [0.15, 0.2) is 48.5 Å². The Labute approximate surface area is 140 Å². The molecule has 120 valence electrons. The first kappa shape index (κ1) is 15.8. The summed E-state index contributed by atoms with van der Waals surface area (Å²) < 4.78 is 0. The lowest BCUT2D eigenvalue weighted by Gasteiger charge is -2.28. The summed E-state index contributed by atoms with van der Waals surface area (Å²) in [4.78, 5) is 26.3. The van der Waals surface area contributed by atoms with Crippen molar-refractivity contribution in [2.45, 2.75) is 18.9 Å². The zero-order valence-electron chi connectivity index (χ0n) is 13.3. The van der Waals surface area contributed by atoms with Crippen molar-refractivity contribution >= 4 is 17.5 Å². The molecule has 1 aliphatic rings. The van der Waals surface area contributed by atoms with Gasteiger partial charge >= 0.3 is 0 Å². The van der Waals surface area contributed by atoms with Crippen LogP contribution in [0.2, 0.25) is 0 Å². The monoisotopic (exact) mass is 319 g/mol. The first-order valence-corrected chi connectivity index (χ1v) is 7.71. The van der Waals surface area contributed by atoms with E-state index in [-0.39, 0.29) is 18.2 Å². The van der Waals surface area contributed by atoms with Crippen LogP contribution in [0.5, 0.6) is 0 Å². The highest BCUT2D eigenvalue weighted by molar-refractivity contribution is 6.01. The zero-order valence-corrected chi connectivity index (χ0v) is 13.3. The Balaban J connectivity index is 1.78. The summed E-state index contributed by atoms with van der Waals surface area (Å²) in [6.07, 6.45) is 0.160. The molecule has 0 saturated heterocycles. The average Bonchev–Trinajstić information content (AvgIpc) is 2.61. The van der Waals surface area contributed by atoms with E-state index in [0.29, 0.717) is 17.8 Å². The van der Waals surface area contributed by atoms with E-state index in [0.717, 1.165) is 11.1 Å². The molecule has 1 atom stereocenters. The number of likely N-dealkylation sites (N-methyl/N-ethyl adjacent to an activating group) is 1. The molecular formula is C19H17N3O2. The summed E-state index contributed by atoms with van der Waals surface area (Å²) >= 11 is 0. The second kappa shape index (κ2) is 6.55. The molecule has 0 bridgehead atoms. The maximum Gasteiger partial charge on any atom is 0.230 e. The van der Waals surface area contributed by atoms with Crippen molar-refractivity contribution < 1.29 is 9.59 Å². The van der Waals surface area contributed by atoms with Gasteiger partial charge in [-0.1, -0.05) is 30.3 Å². The van der Waals surface area contributed by atoms with Crippen LogP contribution in [-0.4, -0.2) is 23.8 Å². The lowest BCUT2D eigenvalue weighted by molar-refractivity contribution is -0.134. The van der Waals surface area contributed by atoms with Gasteiger partial charge in [0.25, 0.3) is 0 Å². The van der Waals surface area contributed by atoms with Crippen molar-refractivity contribution in [1.29, 1.82) is 5.26 Å². The molecule has 3 rings (SSSR count). The van der Waals surface area contributed by atoms with E-state index in [1.807, 2.05) is 36.4 Å². The SMILES string of the molecule is CN(Cc1ccc(C#N)cc1)C(=O)C1CC(=O)Nc2ccccc21. The molecule has 1 N–H and O–H groups in total. The molecule has 0 fully saturated rings. The summed E-state index contributed by atoms with van der Waals surface area (Å²) in [7, 11) is 1.73. The topological polar surface area (TPSA) is 73.2 Å². The quantitative estimate of drug-likeness (QED) is 0.945. The number of nitrogens with zero attached hydrogens (tertiary/aromatic N) is 2. The third-order valence-electron chi connectivity index (χ3n) is 4.18. The zero-order chi connectivity index (χ0) is 17.1. The van der Waals surface area contributed by atoms with Crippen LogP contribution in [-0.2, 0) is 16.1 Å². The van der Waals surface area contributed by atoms with Crippen LogP contribution in [0.3, 0.4) is 0 Å². The van der Waals surface area contributed by atoms with Gasteiger partial charge in [0.15, 0.2) is 0 Å². The van der Waals surface area contributed by atoms with Gasteiger partial charge in [-0.2, -0.15) is 5.26 Å². The van der Waals surface area contributed by atoms with Gasteiger partial charge in [0, 0.05) is 25.7 Å². The van der Waals surface area contributed by atoms with Crippen molar-refractivity contribution in [1.82, 2.24) is 4.90 Å². The molecule has 24 heavy (non-hydrogen) atoms. The molecule has 2 amide bonds. The minimum absolute atomic E-state index is 0.0818. The third kappa shape index (κ3) is 3.13. The van der Waals surface area contributed by atoms with Crippen LogP contribution in [0.1, 0.15) is 29.0 Å². The molecule has 0 spiro atoms. The third-order valence-corrected chi connectivity index (χ3v) is 4.18. The summed E-state index contributed by atoms with van der Waals surface area (Å²) in [6.45, 7) is 0.435. The van der Waals surface area contributed by atoms with Gasteiger partial charge in [-0.25, -0.2) is 0 Å². The number of hydrogen-bond donors (Lipinski definition) is 1. The molecule has 2 aromatic carbocycles. The summed E-state index contributed by atoms with van der Waals surface area (Å²) in [6, 6.07) is 16.6. The standard InChI is InChI=1S/C19H17N3O2/c1-22(12-14-8-6-13(11-20)7-9-14)19(24)16-10-18(23)21-17-5-3-2-4-15(16)17/h2-9,16H,10,12H2,1H3,(H,21,23). The smallest absolute Gasteiger partial charge is 0.230 e. The Morgan fingerprint density at radius 1 is 1.25 bits per heavy atom. The number of anilines is 1. The minimum Gasteiger partial charge on any atom is -0.341 e. The van der Waals surface area contributed by atoms with Crippen molar-refractivity contribution in [3.05, 3.63) is 65.2 Å². The number of fused-ring (bicyclic) bond motifs is 1. The fraction of sp³-hybridized carbons (Fsp3) is 0.211. The molecular weight excluding hydrogens is 302 g/mol. The molecule has 1 heterocycles. The first-order chi connectivity index (χ1) is 11.6. The normalized spacial score (nSPS) is 15.8. The largest absolute Gasteiger partial charge is 0.341 e. The lowest BCUT2D eigenvalue weighted by Crippen LogP contribution is -2.36. The Hall–Kier alpha value is -3.13. The first-order valence-electron chi connectivity index (χ1n) is 7.71. The maximum atomic E-state index is 12.8. The number of nitriles is 1. The summed E-state index contributed by atoms with van der Waals surface area (Å²) in [5.41, 5.74) is 3.09. The molecule has 0 aromatic heterocycles. The van der Waals surface area contributed by atoms with Gasteiger partial charge in [0.05, 0.1) is 17.6 Å². The van der Waals surface area contributed by atoms with E-state index in [1.165, 1.54) is 0 Å². The fourth-order valence-electron chi connectivity index (χ4n) is 2.93. The van der Waals surface area contributed by atoms with Gasteiger partial charge in [-0.05, 0) is 29.3 Å². The van der Waals surface area contributed by atoms with Gasteiger partial charge in [0.1, 0.15) is 0 Å². The minimum atomic E-state index is -0.460. The van der Waals surface area contributed by atoms with E-state index in [1.54, 1.807) is 24.1 Å². The number of nitrogens with one attached hydrogen (secondary N) is 1. The van der Waals surface area contributed by atoms with Gasteiger partial charge in [0.2, 0.25) is 11.8 Å². The van der Waals surface area contributed by atoms with Crippen molar-refractivity contribution in [3.8, 4) is 6.07 Å². The predicted octanol–water partition coefficient (Wildman–Crippen LogP) is 2.64. The fourth-order valence-corrected chi connectivity index (χ4v) is 2.93. The van der Waals surface area contributed by atoms with Gasteiger partial charge in [-0.3, -0.25) is 9.59 Å². The Bertz CT molecular complexity index is 821. The number of amides is 2. The van der Waals surface area contributed by atoms with E-state index in [9.17, 15) is 9.59 Å². The highest BCUT2D eigenvalue weighted by atomic mass is 16.2. The van der Waals surface area contributed by atoms with Crippen molar-refractivity contribution in [2.24, 2.45) is 0 Å². The maximum absolute atomic E-state index is 12.8. The van der Waals surface area contributed by atoms with E-state index < -0.39 is 5.92 Å². The second-order valence-electron chi connectivity index (χ2n) is 5.90. The van der Waals surface area contributed by atoms with Crippen molar-refractivity contribution in [3.63, 3.8) is 0 Å². The average molecular weight is 319 g/mol. The number of benzene rings is 2. The lowest BCUT2D eigenvalue weighted by atomic mass is 9.89. The number of carbonyl (C=O) groups is 2. The van der Waals surface area contributed by atoms with Crippen molar-refractivity contribution in [2.75, 3.05) is 12.4 Å². The van der Waals surface area contributed by atoms with Crippen LogP contribution in [0.4, 0.5) is 5.69 Å². The van der Waals surface area contributed by atoms with Crippen LogP contribution in [0, 0.1) is 11.3 Å². The van der Waals surface area contributed by atoms with E-state index in [4.69, 9.17) is 5.26 Å². The predicted molar refractivity (Wildman–Crippen MR) is 90.1 cm³/mol. The molecule has 0 radical (unpaired) electrons. The highest BCUT2D eigenvalue weighted by Crippen LogP contribution is 2.33. The summed E-state index contributed by atoms with van der Waals surface area (Å²) in [5.74, 6) is -0.682. The molecule has 2 aromatic rings. The number of para-hydroxylation sites is 1. The van der Waals surface area contributed by atoms with Crippen LogP contribution < -0.4 is 5.32 Å². The van der Waals surface area contributed by atoms with E-state index in [2.05, 4.69) is 11.4 Å². The number of rotatable bonds is 3. The second-order valence-corrected chi connectivity index (χ2v) is 5.90. The Kier molecular flexibility index (Phi) is 4.30. The number of hydrogen-bond acceptors (Lipinski definition) is 3. The Morgan fingerprint density at radius 2 is 1.96 bits per heavy atom. The van der Waals surface area contributed by atoms with Gasteiger partial charge < -0.3 is 10.2 Å². The summed E-state index contributed by atoms with van der Waals surface area (Å²) in [5, 5.41) is 11.6. The highest BCUT2D eigenvalue weighted by Gasteiger charge is 2.32.